The maximum Gasteiger partial charge on any atom is 0.326 e. The van der Waals surface area contributed by atoms with Gasteiger partial charge in [-0.25, -0.2) is 4.79 Å². The van der Waals surface area contributed by atoms with Crippen molar-refractivity contribution in [2.75, 3.05) is 51.6 Å². The van der Waals surface area contributed by atoms with E-state index in [4.69, 9.17) is 28.7 Å². The molecular weight excluding hydrogens is 1520 g/mol. The van der Waals surface area contributed by atoms with Crippen LogP contribution in [0.5, 0.6) is 0 Å². The van der Waals surface area contributed by atoms with Gasteiger partial charge in [-0.05, 0) is 147 Å². The third-order valence-electron chi connectivity index (χ3n) is 19.2. The van der Waals surface area contributed by atoms with Crippen molar-refractivity contribution in [2.45, 2.75) is 268 Å². The molecular formula is C71H123N19O23S. The highest BCUT2D eigenvalue weighted by Crippen LogP contribution is 2.24. The van der Waals surface area contributed by atoms with Gasteiger partial charge in [0.2, 0.25) is 88.6 Å². The fourth-order valence-electron chi connectivity index (χ4n) is 12.5. The van der Waals surface area contributed by atoms with Gasteiger partial charge in [-0.15, -0.1) is 0 Å². The molecule has 27 N–H and O–H groups in total. The molecule has 0 aromatic heterocycles. The number of nitrogens with zero attached hydrogens (tertiary/aromatic N) is 2. The Morgan fingerprint density at radius 2 is 0.851 bits per heavy atom. The highest BCUT2D eigenvalue weighted by atomic mass is 32.1. The number of carbonyl (C=O) groups is 18. The van der Waals surface area contributed by atoms with Crippen LogP contribution in [-0.4, -0.2) is 284 Å². The Bertz CT molecular complexity index is 3280. The summed E-state index contributed by atoms with van der Waals surface area (Å²) in [6, 6.07) is -20.9. The van der Waals surface area contributed by atoms with E-state index >= 15 is 0 Å². The molecule has 43 heteroatoms. The van der Waals surface area contributed by atoms with E-state index < -0.39 is 254 Å². The van der Waals surface area contributed by atoms with Crippen LogP contribution in [0.15, 0.2) is 0 Å². The Balaban J connectivity index is 2.35. The summed E-state index contributed by atoms with van der Waals surface area (Å²) in [4.78, 5) is 246. The number of amides is 15. The summed E-state index contributed by atoms with van der Waals surface area (Å²) >= 11 is 4.10. The van der Waals surface area contributed by atoms with Crippen LogP contribution in [0.3, 0.4) is 0 Å². The molecule has 2 aliphatic heterocycles. The predicted molar refractivity (Wildman–Crippen MR) is 412 cm³/mol. The lowest BCUT2D eigenvalue weighted by molar-refractivity contribution is -0.144. The normalized spacial score (nSPS) is 17.6. The number of aliphatic hydroxyl groups is 2. The van der Waals surface area contributed by atoms with Gasteiger partial charge in [-0.3, -0.25) is 81.5 Å². The van der Waals surface area contributed by atoms with Crippen molar-refractivity contribution in [3.05, 3.63) is 0 Å². The molecule has 2 heterocycles. The topological polar surface area (TPSA) is 689 Å². The van der Waals surface area contributed by atoms with Gasteiger partial charge in [0, 0.05) is 31.7 Å². The van der Waals surface area contributed by atoms with Crippen LogP contribution in [0.2, 0.25) is 0 Å². The molecule has 0 radical (unpaired) electrons. The van der Waals surface area contributed by atoms with Crippen molar-refractivity contribution < 1.29 is 112 Å². The lowest BCUT2D eigenvalue weighted by Gasteiger charge is -2.33. The number of primary amides is 1. The van der Waals surface area contributed by atoms with Gasteiger partial charge in [0.1, 0.15) is 78.5 Å². The minimum Gasteiger partial charge on any atom is -0.481 e. The number of hydrogen-bond donors (Lipinski definition) is 23. The van der Waals surface area contributed by atoms with Crippen molar-refractivity contribution in [3.8, 4) is 0 Å². The first kappa shape index (κ1) is 101. The number of unbranched alkanes of at least 4 members (excludes halogenated alkanes) is 3. The molecule has 646 valence electrons. The molecule has 2 rings (SSSR count). The molecule has 15 amide bonds. The second-order valence-corrected chi connectivity index (χ2v) is 29.7. The number of thiol groups is 1. The summed E-state index contributed by atoms with van der Waals surface area (Å²) in [5.74, 6) is -20.5. The summed E-state index contributed by atoms with van der Waals surface area (Å²) in [5.41, 5.74) is 28.6. The standard InChI is InChI=1S/C71H123N19O23S/c1-8-38(6)56(87-62(103)44(22-24-53(95)96)80-59(100)43(19-11-14-28-74)82-65(106)49-20-15-29-89(49)69(110)40(75)35-114)70(111)90-30-16-21-50(90)66(107)81-41(17-9-12-26-72)58(99)77-33-52(94)78-48(34-91)64(105)79-42(18-10-13-27-73)60(101)84-46(32-51(76)93)63(104)88-57(39(7)92)68(109)83-45(23-25-54(97)98)61(102)86-55(37(4)5)67(108)85-47(71(112)113)31-36(2)3/h36-50,55-57,91-92,114H,8-35,72-75H2,1-7H3,(H2,76,93)(H,77,99)(H,78,94)(H,79,105)(H,80,100)(H,81,107)(H,82,106)(H,83,109)(H,84,101)(H,85,108)(H,86,102)(H,87,103)(H,88,104)(H,95,96)(H,97,98)(H,112,113)/t38-,39+,40-,41-,42-,43-,44-,45-,46-,47-,48-,49-,50-,55-,56-,57-/m0/s1. The fraction of sp³-hybridized carbons (Fsp3) is 0.746. The van der Waals surface area contributed by atoms with E-state index in [1.165, 1.54) is 23.6 Å². The number of carbonyl (C=O) groups excluding carboxylic acids is 15. The van der Waals surface area contributed by atoms with E-state index in [0.29, 0.717) is 25.7 Å². The zero-order valence-corrected chi connectivity index (χ0v) is 66.9. The van der Waals surface area contributed by atoms with Crippen molar-refractivity contribution in [1.82, 2.24) is 73.6 Å². The summed E-state index contributed by atoms with van der Waals surface area (Å²) in [6.45, 7) is 9.55. The highest BCUT2D eigenvalue weighted by molar-refractivity contribution is 7.80. The van der Waals surface area contributed by atoms with E-state index in [9.17, 15) is 112 Å². The van der Waals surface area contributed by atoms with Crippen LogP contribution in [0.4, 0.5) is 0 Å². The Hall–Kier alpha value is -9.43. The number of nitrogens with two attached hydrogens (primary N) is 5. The molecule has 0 unspecified atom stereocenters. The zero-order chi connectivity index (χ0) is 86.2. The first-order valence-corrected chi connectivity index (χ1v) is 39.3. The number of aliphatic carboxylic acids is 3. The smallest absolute Gasteiger partial charge is 0.326 e. The van der Waals surface area contributed by atoms with Crippen molar-refractivity contribution >= 4 is 119 Å². The number of nitrogens with one attached hydrogen (secondary N) is 12. The van der Waals surface area contributed by atoms with Crippen LogP contribution in [-0.2, 0) is 86.3 Å². The van der Waals surface area contributed by atoms with E-state index in [2.05, 4.69) is 76.4 Å². The van der Waals surface area contributed by atoms with Gasteiger partial charge in [0.15, 0.2) is 0 Å². The van der Waals surface area contributed by atoms with Gasteiger partial charge in [0.05, 0.1) is 31.7 Å². The number of rotatable bonds is 55. The van der Waals surface area contributed by atoms with E-state index in [1.54, 1.807) is 27.7 Å². The SMILES string of the molecule is CC[C@H](C)[C@H](NC(=O)[C@H](CCC(=O)O)NC(=O)[C@H](CCCCN)NC(=O)[C@@H]1CCCN1C(=O)[C@@H](N)CS)C(=O)N1CCC[C@H]1C(=O)N[C@@H](CCCCN)C(=O)NCC(=O)N[C@@H](CO)C(=O)N[C@@H](CCCCN)C(=O)N[C@@H](CC(N)=O)C(=O)N[C@H](C(=O)N[C@@H](CCC(=O)O)C(=O)N[C@H](C(=O)N[C@@H](CC(C)C)C(=O)O)C(C)C)[C@@H](C)O. The molecule has 0 saturated carbocycles. The predicted octanol–water partition coefficient (Wildman–Crippen LogP) is -7.13. The Morgan fingerprint density at radius 1 is 0.465 bits per heavy atom. The molecule has 0 aliphatic carbocycles. The monoisotopic (exact) mass is 1640 g/mol. The molecule has 0 bridgehead atoms. The van der Waals surface area contributed by atoms with Gasteiger partial charge >= 0.3 is 17.9 Å². The minimum atomic E-state index is -2.03. The van der Waals surface area contributed by atoms with Crippen LogP contribution >= 0.6 is 12.6 Å². The number of likely N-dealkylation sites (tertiary alicyclic amines) is 2. The fourth-order valence-corrected chi connectivity index (χ4v) is 12.7. The third-order valence-corrected chi connectivity index (χ3v) is 19.6. The number of aliphatic hydroxyl groups excluding tert-OH is 2. The molecule has 0 spiro atoms. The summed E-state index contributed by atoms with van der Waals surface area (Å²) in [5, 5.41) is 79.1. The lowest BCUT2D eigenvalue weighted by Crippen LogP contribution is -2.62. The molecule has 0 aromatic carbocycles. The van der Waals surface area contributed by atoms with Crippen LogP contribution in [0.25, 0.3) is 0 Å². The first-order chi connectivity index (χ1) is 53.7. The number of hydrogen-bond acceptors (Lipinski definition) is 25. The second-order valence-electron chi connectivity index (χ2n) is 29.3. The zero-order valence-electron chi connectivity index (χ0n) is 66.0. The molecule has 16 atom stereocenters. The van der Waals surface area contributed by atoms with Crippen molar-refractivity contribution in [3.63, 3.8) is 0 Å². The average Bonchev–Trinajstić information content (AvgIpc) is 1.60. The van der Waals surface area contributed by atoms with Gasteiger partial charge in [-0.1, -0.05) is 48.0 Å². The van der Waals surface area contributed by atoms with Crippen LogP contribution < -0.4 is 92.5 Å². The van der Waals surface area contributed by atoms with E-state index in [0.717, 1.165) is 6.92 Å². The molecule has 114 heavy (non-hydrogen) atoms. The largest absolute Gasteiger partial charge is 0.481 e. The number of carboxylic acid groups (broad SMARTS) is 3. The van der Waals surface area contributed by atoms with Gasteiger partial charge in [-0.2, -0.15) is 12.6 Å². The minimum absolute atomic E-state index is 0.00403. The average molecular weight is 1640 g/mol. The Kier molecular flexibility index (Phi) is 46.0. The van der Waals surface area contributed by atoms with Crippen molar-refractivity contribution in [1.29, 1.82) is 0 Å². The molecule has 2 fully saturated rings. The summed E-state index contributed by atoms with van der Waals surface area (Å²) in [6.07, 6.45) is -2.38. The second kappa shape index (κ2) is 52.1. The van der Waals surface area contributed by atoms with Gasteiger partial charge < -0.3 is 128 Å². The number of carboxylic acids is 3. The maximum atomic E-state index is 14.7. The summed E-state index contributed by atoms with van der Waals surface area (Å²) < 4.78 is 0. The van der Waals surface area contributed by atoms with Crippen molar-refractivity contribution in [2.24, 2.45) is 46.4 Å². The highest BCUT2D eigenvalue weighted by Gasteiger charge is 2.44. The van der Waals surface area contributed by atoms with Crippen LogP contribution in [0, 0.1) is 17.8 Å². The molecule has 2 saturated heterocycles. The molecule has 2 aliphatic rings. The lowest BCUT2D eigenvalue weighted by atomic mass is 9.96. The van der Waals surface area contributed by atoms with Crippen LogP contribution in [0.1, 0.15) is 177 Å². The Morgan fingerprint density at radius 3 is 1.26 bits per heavy atom. The molecule has 42 nitrogen and oxygen atoms in total. The van der Waals surface area contributed by atoms with Gasteiger partial charge in [0.25, 0.3) is 0 Å². The quantitative estimate of drug-likeness (QED) is 0.0199. The first-order valence-electron chi connectivity index (χ1n) is 38.6. The van der Waals surface area contributed by atoms with E-state index in [-0.39, 0.29) is 115 Å². The molecule has 0 aromatic rings. The summed E-state index contributed by atoms with van der Waals surface area (Å²) in [7, 11) is 0. The van der Waals surface area contributed by atoms with E-state index in [1.807, 2.05) is 0 Å². The maximum absolute atomic E-state index is 14.7. The third kappa shape index (κ3) is 34.7. The Labute approximate surface area is 667 Å².